The van der Waals surface area contributed by atoms with Gasteiger partial charge in [-0.05, 0) is 59.9 Å². The second-order valence-corrected chi connectivity index (χ2v) is 8.59. The Balaban J connectivity index is 0.000000581. The van der Waals surface area contributed by atoms with Crippen molar-refractivity contribution in [2.45, 2.75) is 53.8 Å². The number of carbonyl (C=O) groups excluding carboxylic acids is 1. The van der Waals surface area contributed by atoms with Crippen LogP contribution >= 0.6 is 11.8 Å². The summed E-state index contributed by atoms with van der Waals surface area (Å²) in [6, 6.07) is 7.50. The topological polar surface area (TPSA) is 153 Å². The fourth-order valence-electron chi connectivity index (χ4n) is 2.61. The highest BCUT2D eigenvalue weighted by molar-refractivity contribution is 8.13. The molecule has 3 aromatic rings. The number of ether oxygens (including phenoxy) is 2. The van der Waals surface area contributed by atoms with E-state index in [0.717, 1.165) is 28.3 Å². The molecule has 3 aromatic heterocycles. The Morgan fingerprint density at radius 2 is 1.65 bits per heavy atom. The van der Waals surface area contributed by atoms with Gasteiger partial charge in [0.25, 0.3) is 0 Å². The summed E-state index contributed by atoms with van der Waals surface area (Å²) >= 11 is 1.41. The second kappa shape index (κ2) is 18.8. The lowest BCUT2D eigenvalue weighted by Gasteiger charge is -2.10. The Morgan fingerprint density at radius 3 is 2.08 bits per heavy atom. The Bertz CT molecular complexity index is 1090. The predicted molar refractivity (Wildman–Crippen MR) is 147 cm³/mol. The first-order valence-corrected chi connectivity index (χ1v) is 12.5. The van der Waals surface area contributed by atoms with E-state index in [1.807, 2.05) is 72.1 Å². The lowest BCUT2D eigenvalue weighted by Crippen LogP contribution is -2.08. The van der Waals surface area contributed by atoms with E-state index >= 15 is 0 Å². The maximum Gasteiger partial charge on any atom is 0.214 e. The molecule has 0 unspecified atom stereocenters. The number of aromatic nitrogens is 5. The number of thioether (sulfide) groups is 1. The molecule has 0 saturated carbocycles. The fourth-order valence-corrected chi connectivity index (χ4v) is 2.96. The van der Waals surface area contributed by atoms with Gasteiger partial charge in [-0.2, -0.15) is 5.10 Å². The first kappa shape index (κ1) is 31.6. The SMILES string of the molecule is CSC(=N)c1cc(C)nc(OC(C)C)c1.Cc1cc(-c2ncn[nH]2)cc(OC(C)C)n1.NCC=O.[2H]CF. The van der Waals surface area contributed by atoms with E-state index in [4.69, 9.17) is 21.0 Å². The molecule has 0 saturated heterocycles. The van der Waals surface area contributed by atoms with Crippen molar-refractivity contribution in [1.82, 2.24) is 25.1 Å². The van der Waals surface area contributed by atoms with Gasteiger partial charge in [-0.25, -0.2) is 15.0 Å². The molecule has 10 nitrogen and oxygen atoms in total. The molecule has 0 aliphatic heterocycles. The van der Waals surface area contributed by atoms with Crippen LogP contribution < -0.4 is 15.2 Å². The highest BCUT2D eigenvalue weighted by atomic mass is 32.2. The van der Waals surface area contributed by atoms with Gasteiger partial charge in [-0.15, -0.1) is 11.8 Å². The Hall–Kier alpha value is -3.38. The number of nitrogens with zero attached hydrogens (tertiary/aromatic N) is 4. The lowest BCUT2D eigenvalue weighted by molar-refractivity contribution is -0.106. The normalized spacial score (nSPS) is 10.1. The number of nitrogens with two attached hydrogens (primary N) is 1. The zero-order valence-electron chi connectivity index (χ0n) is 23.4. The van der Waals surface area contributed by atoms with Crippen molar-refractivity contribution in [3.05, 3.63) is 47.5 Å². The average Bonchev–Trinajstić information content (AvgIpc) is 3.38. The van der Waals surface area contributed by atoms with Crippen LogP contribution in [0, 0.1) is 19.3 Å². The number of carbonyl (C=O) groups is 1. The van der Waals surface area contributed by atoms with Gasteiger partial charge in [0.05, 0.1) is 25.8 Å². The van der Waals surface area contributed by atoms with Crippen LogP contribution in [-0.2, 0) is 4.79 Å². The van der Waals surface area contributed by atoms with Gasteiger partial charge < -0.3 is 20.0 Å². The number of nitrogens with one attached hydrogen (secondary N) is 2. The number of aldehydes is 1. The van der Waals surface area contributed by atoms with Crippen LogP contribution in [0.2, 0.25) is 0 Å². The quantitative estimate of drug-likeness (QED) is 0.224. The molecule has 0 amide bonds. The van der Waals surface area contributed by atoms with E-state index in [-0.39, 0.29) is 18.8 Å². The number of hydrogen-bond donors (Lipinski definition) is 3. The molecular formula is C25H38FN7O3S. The molecule has 0 aromatic carbocycles. The van der Waals surface area contributed by atoms with Crippen LogP contribution in [0.25, 0.3) is 11.4 Å². The number of pyridine rings is 2. The lowest BCUT2D eigenvalue weighted by atomic mass is 10.2. The van der Waals surface area contributed by atoms with Crippen molar-refractivity contribution in [1.29, 1.82) is 5.41 Å². The van der Waals surface area contributed by atoms with Crippen molar-refractivity contribution in [3.63, 3.8) is 0 Å². The summed E-state index contributed by atoms with van der Waals surface area (Å²) in [7, 11) is -1.00. The minimum Gasteiger partial charge on any atom is -0.475 e. The number of alkyl halides is 1. The van der Waals surface area contributed by atoms with Crippen LogP contribution in [0.5, 0.6) is 11.8 Å². The first-order chi connectivity index (χ1) is 18.0. The smallest absolute Gasteiger partial charge is 0.214 e. The number of H-pyrrole nitrogens is 1. The van der Waals surface area contributed by atoms with Crippen molar-refractivity contribution in [2.24, 2.45) is 5.73 Å². The number of hydrogen-bond acceptors (Lipinski definition) is 10. The van der Waals surface area contributed by atoms with Crippen LogP contribution in [0.15, 0.2) is 30.6 Å². The molecule has 4 N–H and O–H groups in total. The van der Waals surface area contributed by atoms with Gasteiger partial charge >= 0.3 is 0 Å². The van der Waals surface area contributed by atoms with E-state index < -0.39 is 7.15 Å². The van der Waals surface area contributed by atoms with Crippen LogP contribution in [-0.4, -0.2) is 68.6 Å². The van der Waals surface area contributed by atoms with Crippen LogP contribution in [0.4, 0.5) is 4.39 Å². The van der Waals surface area contributed by atoms with Gasteiger partial charge in [0.2, 0.25) is 11.8 Å². The molecule has 0 aliphatic rings. The largest absolute Gasteiger partial charge is 0.475 e. The summed E-state index contributed by atoms with van der Waals surface area (Å²) in [5, 5.41) is 14.9. The van der Waals surface area contributed by atoms with Crippen molar-refractivity contribution < 1.29 is 20.0 Å². The molecule has 3 heterocycles. The second-order valence-electron chi connectivity index (χ2n) is 7.77. The average molecular weight is 537 g/mol. The molecular weight excluding hydrogens is 497 g/mol. The zero-order chi connectivity index (χ0) is 29.1. The number of halogens is 1. The minimum absolute atomic E-state index is 0.107. The Kier molecular flexibility index (Phi) is 16.1. The molecule has 0 spiro atoms. The molecule has 0 aliphatic carbocycles. The van der Waals surface area contributed by atoms with Gasteiger partial charge in [0.1, 0.15) is 12.6 Å². The monoisotopic (exact) mass is 536 g/mol. The summed E-state index contributed by atoms with van der Waals surface area (Å²) < 4.78 is 26.6. The summed E-state index contributed by atoms with van der Waals surface area (Å²) in [6.07, 6.45) is 4.24. The minimum atomic E-state index is -1.00. The number of aromatic amines is 1. The Labute approximate surface area is 223 Å². The molecule has 12 heteroatoms. The number of rotatable bonds is 7. The molecule has 0 radical (unpaired) electrons. The molecule has 37 heavy (non-hydrogen) atoms. The zero-order valence-corrected chi connectivity index (χ0v) is 23.2. The highest BCUT2D eigenvalue weighted by Crippen LogP contribution is 2.21. The molecule has 3 rings (SSSR count). The van der Waals surface area contributed by atoms with E-state index in [2.05, 4.69) is 30.9 Å². The van der Waals surface area contributed by atoms with E-state index in [1.54, 1.807) is 0 Å². The van der Waals surface area contributed by atoms with Crippen molar-refractivity contribution in [2.75, 3.05) is 20.0 Å². The maximum absolute atomic E-state index is 9.96. The Morgan fingerprint density at radius 1 is 1.14 bits per heavy atom. The van der Waals surface area contributed by atoms with E-state index in [0.29, 0.717) is 23.1 Å². The van der Waals surface area contributed by atoms with Crippen LogP contribution in [0.1, 0.15) is 46.0 Å². The number of aryl methyl sites for hydroxylation is 2. The van der Waals surface area contributed by atoms with Crippen LogP contribution in [0.3, 0.4) is 0 Å². The first-order valence-electron chi connectivity index (χ1n) is 12.0. The van der Waals surface area contributed by atoms with Gasteiger partial charge in [0.15, 0.2) is 5.82 Å². The summed E-state index contributed by atoms with van der Waals surface area (Å²) in [5.74, 6) is 1.93. The third-order valence-electron chi connectivity index (χ3n) is 3.82. The van der Waals surface area contributed by atoms with E-state index in [9.17, 15) is 4.39 Å². The van der Waals surface area contributed by atoms with Crippen molar-refractivity contribution in [3.8, 4) is 23.1 Å². The maximum atomic E-state index is 9.96. The van der Waals surface area contributed by atoms with Crippen molar-refractivity contribution >= 4 is 23.1 Å². The molecule has 0 atom stereocenters. The van der Waals surface area contributed by atoms with E-state index in [1.165, 1.54) is 18.1 Å². The molecule has 0 bridgehead atoms. The predicted octanol–water partition coefficient (Wildman–Crippen LogP) is 4.56. The third-order valence-corrected chi connectivity index (χ3v) is 4.47. The third kappa shape index (κ3) is 14.1. The standard InChI is InChI=1S/C11H14N4O.C11H16N2OS.C2H5NO.CH3F/c1-7(2)16-10-5-9(4-8(3)14-10)11-12-6-13-15-11;1-7(2)14-10-6-9(11(12)15-4)5-8(3)13-10;3-1-2-4;1-2/h4-7H,1-3H3,(H,12,13,15);5-7,12H,1-4H3;2H,1,3H2;1H3/i;;;1D. The van der Waals surface area contributed by atoms with Gasteiger partial charge in [-0.1, -0.05) is 0 Å². The molecule has 204 valence electrons. The highest BCUT2D eigenvalue weighted by Gasteiger charge is 2.08. The van der Waals surface area contributed by atoms with Gasteiger partial charge in [-0.3, -0.25) is 14.9 Å². The summed E-state index contributed by atoms with van der Waals surface area (Å²) in [5.41, 5.74) is 8.23. The fraction of sp³-hybridized carbons (Fsp3) is 0.440. The molecule has 0 fully saturated rings. The summed E-state index contributed by atoms with van der Waals surface area (Å²) in [6.45, 7) is 11.8. The van der Waals surface area contributed by atoms with Gasteiger partial charge in [0, 0.05) is 41.2 Å². The summed E-state index contributed by atoms with van der Waals surface area (Å²) in [4.78, 5) is 21.7.